The van der Waals surface area contributed by atoms with E-state index < -0.39 is 54.5 Å². The van der Waals surface area contributed by atoms with Gasteiger partial charge in [0.2, 0.25) is 0 Å². The van der Waals surface area contributed by atoms with Gasteiger partial charge in [0.15, 0.2) is 12.7 Å². The van der Waals surface area contributed by atoms with E-state index in [1.165, 1.54) is 6.92 Å². The van der Waals surface area contributed by atoms with E-state index in [0.717, 1.165) is 14.2 Å². The van der Waals surface area contributed by atoms with Gasteiger partial charge in [-0.1, -0.05) is 34.3 Å². The molecule has 0 fully saturated rings. The lowest BCUT2D eigenvalue weighted by Crippen LogP contribution is -2.46. The fourth-order valence-corrected chi connectivity index (χ4v) is 2.27. The van der Waals surface area contributed by atoms with Gasteiger partial charge in [-0.15, -0.1) is 0 Å². The summed E-state index contributed by atoms with van der Waals surface area (Å²) in [6, 6.07) is 0. The molecule has 2 unspecified atom stereocenters. The lowest BCUT2D eigenvalue weighted by Gasteiger charge is -2.25. The van der Waals surface area contributed by atoms with Crippen LogP contribution in [0, 0.1) is 11.8 Å². The maximum absolute atomic E-state index is 13.9. The average molecular weight is 518 g/mol. The van der Waals surface area contributed by atoms with Crippen molar-refractivity contribution in [2.45, 2.75) is 71.5 Å². The molecule has 0 rings (SSSR count). The van der Waals surface area contributed by atoms with E-state index in [4.69, 9.17) is 5.11 Å². The van der Waals surface area contributed by atoms with Crippen LogP contribution in [0.2, 0.25) is 0 Å². The molecule has 0 aromatic heterocycles. The molecule has 0 bridgehead atoms. The minimum Gasteiger partial charge on any atom is -0.465 e. The van der Waals surface area contributed by atoms with Crippen LogP contribution < -0.4 is 0 Å². The predicted octanol–water partition coefficient (Wildman–Crippen LogP) is 3.07. The van der Waals surface area contributed by atoms with Crippen molar-refractivity contribution >= 4 is 23.9 Å². The van der Waals surface area contributed by atoms with Crippen molar-refractivity contribution in [3.05, 3.63) is 12.2 Å². The van der Waals surface area contributed by atoms with Crippen LogP contribution in [-0.2, 0) is 38.1 Å². The van der Waals surface area contributed by atoms with Crippen molar-refractivity contribution in [1.29, 1.82) is 0 Å². The smallest absolute Gasteiger partial charge is 0.380 e. The van der Waals surface area contributed by atoms with Crippen LogP contribution in [-0.4, -0.2) is 73.9 Å². The van der Waals surface area contributed by atoms with Crippen molar-refractivity contribution in [1.82, 2.24) is 0 Å². The van der Waals surface area contributed by atoms with Crippen LogP contribution in [0.25, 0.3) is 0 Å². The minimum absolute atomic E-state index is 0.0476. The van der Waals surface area contributed by atoms with Crippen molar-refractivity contribution < 1.29 is 60.8 Å². The molecular weight excluding hydrogens is 484 g/mol. The van der Waals surface area contributed by atoms with Crippen molar-refractivity contribution in [3.8, 4) is 0 Å². The molecule has 0 saturated heterocycles. The van der Waals surface area contributed by atoms with E-state index in [-0.39, 0.29) is 30.3 Å². The number of carbonyl (C=O) groups excluding carboxylic acids is 4. The number of alkyl halides is 4. The van der Waals surface area contributed by atoms with Gasteiger partial charge in [0.1, 0.15) is 6.10 Å². The van der Waals surface area contributed by atoms with Gasteiger partial charge in [0, 0.05) is 5.57 Å². The highest BCUT2D eigenvalue weighted by Gasteiger charge is 2.51. The van der Waals surface area contributed by atoms with Gasteiger partial charge >= 0.3 is 35.7 Å². The molecular formula is C22H34F4O9. The van der Waals surface area contributed by atoms with E-state index in [2.05, 4.69) is 25.5 Å². The maximum atomic E-state index is 13.9. The van der Waals surface area contributed by atoms with E-state index in [0.29, 0.717) is 0 Å². The third-order valence-electron chi connectivity index (χ3n) is 4.06. The van der Waals surface area contributed by atoms with Crippen LogP contribution in [0.5, 0.6) is 0 Å². The van der Waals surface area contributed by atoms with Crippen molar-refractivity contribution in [2.24, 2.45) is 11.8 Å². The zero-order valence-corrected chi connectivity index (χ0v) is 20.9. The third kappa shape index (κ3) is 12.5. The minimum atomic E-state index is -3.99. The number of halogens is 4. The van der Waals surface area contributed by atoms with Crippen LogP contribution >= 0.6 is 0 Å². The number of hydrogen-bond donors (Lipinski definition) is 1. The van der Waals surface area contributed by atoms with Gasteiger partial charge in [-0.25, -0.2) is 19.2 Å². The highest BCUT2D eigenvalue weighted by atomic mass is 19.3. The molecule has 0 aliphatic rings. The fraction of sp³-hybridized carbons (Fsp3) is 0.727. The van der Waals surface area contributed by atoms with Crippen molar-refractivity contribution in [2.75, 3.05) is 20.8 Å². The molecule has 2 atom stereocenters. The molecule has 13 heteroatoms. The number of carbonyl (C=O) groups is 4. The first-order chi connectivity index (χ1) is 15.8. The Kier molecular flexibility index (Phi) is 15.1. The van der Waals surface area contributed by atoms with E-state index in [9.17, 15) is 36.7 Å². The quantitative estimate of drug-likeness (QED) is 0.180. The van der Waals surface area contributed by atoms with Gasteiger partial charge in [-0.05, 0) is 31.6 Å². The zero-order valence-electron chi connectivity index (χ0n) is 20.9. The van der Waals surface area contributed by atoms with Gasteiger partial charge in [0.25, 0.3) is 0 Å². The molecule has 9 nitrogen and oxygen atoms in total. The van der Waals surface area contributed by atoms with E-state index >= 15 is 0 Å². The fourth-order valence-electron chi connectivity index (χ4n) is 2.27. The Balaban J connectivity index is 0. The number of rotatable bonds is 12. The lowest BCUT2D eigenvalue weighted by molar-refractivity contribution is -0.199. The summed E-state index contributed by atoms with van der Waals surface area (Å²) in [5.41, 5.74) is 0.0476. The number of esters is 4. The standard InChI is InChI=1S/C14H20F2O6.C8H14F2O3/c1-8(2)6-10(14(15,16)13(19)20-5)22-11(17)7-21-12(18)9(3)4;1-5(2)4-6(11)8(9,10)7(12)13-3/h8,10H,3,6-7H2,1-2,4-5H3;5-6,11H,4H2,1-3H3. The number of methoxy groups -OCH3 is 2. The summed E-state index contributed by atoms with van der Waals surface area (Å²) in [5.74, 6) is -13.7. The monoisotopic (exact) mass is 518 g/mol. The average Bonchev–Trinajstić information content (AvgIpc) is 2.74. The van der Waals surface area contributed by atoms with Crippen molar-refractivity contribution in [3.63, 3.8) is 0 Å². The van der Waals surface area contributed by atoms with Gasteiger partial charge in [0.05, 0.1) is 14.2 Å². The molecule has 204 valence electrons. The first kappa shape index (κ1) is 34.5. The molecule has 0 saturated carbocycles. The largest absolute Gasteiger partial charge is 0.465 e. The lowest BCUT2D eigenvalue weighted by atomic mass is 10.0. The second-order valence-electron chi connectivity index (χ2n) is 8.34. The van der Waals surface area contributed by atoms with E-state index in [1.807, 2.05) is 0 Å². The maximum Gasteiger partial charge on any atom is 0.380 e. The third-order valence-corrected chi connectivity index (χ3v) is 4.06. The molecule has 0 aliphatic heterocycles. The summed E-state index contributed by atoms with van der Waals surface area (Å²) in [7, 11) is 1.66. The molecule has 35 heavy (non-hydrogen) atoms. The van der Waals surface area contributed by atoms with Gasteiger partial charge < -0.3 is 24.1 Å². The van der Waals surface area contributed by atoms with Crippen LogP contribution in [0.1, 0.15) is 47.5 Å². The van der Waals surface area contributed by atoms with Crippen LogP contribution in [0.4, 0.5) is 17.6 Å². The molecule has 0 spiro atoms. The van der Waals surface area contributed by atoms with Gasteiger partial charge in [-0.2, -0.15) is 17.6 Å². The highest BCUT2D eigenvalue weighted by molar-refractivity contribution is 5.88. The Bertz CT molecular complexity index is 736. The second-order valence-corrected chi connectivity index (χ2v) is 8.34. The number of aliphatic hydroxyl groups excluding tert-OH is 1. The molecule has 0 heterocycles. The number of aliphatic hydroxyl groups is 1. The molecule has 0 aromatic carbocycles. The normalized spacial score (nSPS) is 13.2. The van der Waals surface area contributed by atoms with Gasteiger partial charge in [-0.3, -0.25) is 0 Å². The molecule has 0 aromatic rings. The molecule has 0 amide bonds. The summed E-state index contributed by atoms with van der Waals surface area (Å²) in [6.45, 7) is 10.4. The Morgan fingerprint density at radius 3 is 1.66 bits per heavy atom. The number of hydrogen-bond acceptors (Lipinski definition) is 9. The molecule has 0 aliphatic carbocycles. The first-order valence-electron chi connectivity index (χ1n) is 10.5. The summed E-state index contributed by atoms with van der Waals surface area (Å²) < 4.78 is 70.4. The summed E-state index contributed by atoms with van der Waals surface area (Å²) in [5, 5.41) is 9.00. The summed E-state index contributed by atoms with van der Waals surface area (Å²) in [4.78, 5) is 44.3. The molecule has 1 N–H and O–H groups in total. The van der Waals surface area contributed by atoms with Crippen LogP contribution in [0.3, 0.4) is 0 Å². The Morgan fingerprint density at radius 1 is 0.857 bits per heavy atom. The zero-order chi connectivity index (χ0) is 28.1. The highest BCUT2D eigenvalue weighted by Crippen LogP contribution is 2.28. The molecule has 0 radical (unpaired) electrons. The summed E-state index contributed by atoms with van der Waals surface area (Å²) >= 11 is 0. The Hall–Kier alpha value is -2.70. The SMILES string of the molecule is C=C(C)C(=O)OCC(=O)OC(CC(C)C)C(F)(F)C(=O)OC.COC(=O)C(F)(F)C(O)CC(C)C. The second kappa shape index (κ2) is 15.3. The summed E-state index contributed by atoms with van der Waals surface area (Å²) in [6.07, 6.45) is -4.37. The van der Waals surface area contributed by atoms with Crippen LogP contribution in [0.15, 0.2) is 12.2 Å². The topological polar surface area (TPSA) is 125 Å². The predicted molar refractivity (Wildman–Crippen MR) is 114 cm³/mol. The Morgan fingerprint density at radius 2 is 1.29 bits per heavy atom. The number of ether oxygens (including phenoxy) is 4. The van der Waals surface area contributed by atoms with E-state index in [1.54, 1.807) is 27.7 Å². The Labute approximate surface area is 201 Å². The first-order valence-corrected chi connectivity index (χ1v) is 10.5.